The average molecular weight is 596 g/mol. The summed E-state index contributed by atoms with van der Waals surface area (Å²) in [5, 5.41) is 19.6. The van der Waals surface area contributed by atoms with Gasteiger partial charge in [-0.3, -0.25) is 9.59 Å². The molecule has 244 valence electrons. The molecule has 9 nitrogen and oxygen atoms in total. The third-order valence-electron chi connectivity index (χ3n) is 8.93. The molecule has 1 aliphatic carbocycles. The Morgan fingerprint density at radius 2 is 1.57 bits per heavy atom. The smallest absolute Gasteiger partial charge is 0.315 e. The molecule has 1 aliphatic heterocycles. The first-order valence-electron chi connectivity index (χ1n) is 16.6. The van der Waals surface area contributed by atoms with E-state index in [1.165, 1.54) is 6.42 Å². The molecule has 3 amide bonds. The SMILES string of the molecule is CCCCCC(CCCCC(C)C)NC(=O)NC1CCCCCC1C(CNC(=O)C1OC(C)(C)OCC1(C)C)C(=O)O. The predicted octanol–water partition coefficient (Wildman–Crippen LogP) is 6.39. The van der Waals surface area contributed by atoms with Crippen LogP contribution in [0.2, 0.25) is 0 Å². The van der Waals surface area contributed by atoms with Gasteiger partial charge in [-0.25, -0.2) is 4.79 Å². The van der Waals surface area contributed by atoms with Crippen molar-refractivity contribution >= 4 is 17.9 Å². The van der Waals surface area contributed by atoms with Gasteiger partial charge in [-0.1, -0.05) is 92.4 Å². The molecule has 0 spiro atoms. The quantitative estimate of drug-likeness (QED) is 0.121. The van der Waals surface area contributed by atoms with Crippen LogP contribution in [0.1, 0.15) is 132 Å². The van der Waals surface area contributed by atoms with Crippen LogP contribution in [0.3, 0.4) is 0 Å². The van der Waals surface area contributed by atoms with Crippen LogP contribution in [0.5, 0.6) is 0 Å². The Hall–Kier alpha value is -1.87. The number of hydrogen-bond acceptors (Lipinski definition) is 5. The van der Waals surface area contributed by atoms with Crippen molar-refractivity contribution in [3.8, 4) is 0 Å². The fraction of sp³-hybridized carbons (Fsp3) is 0.909. The van der Waals surface area contributed by atoms with Crippen LogP contribution in [0.4, 0.5) is 4.79 Å². The molecule has 2 aliphatic rings. The van der Waals surface area contributed by atoms with E-state index in [1.807, 2.05) is 13.8 Å². The number of carboxylic acid groups (broad SMARTS) is 1. The lowest BCUT2D eigenvalue weighted by molar-refractivity contribution is -0.304. The van der Waals surface area contributed by atoms with E-state index in [2.05, 4.69) is 36.7 Å². The number of aliphatic carboxylic acids is 1. The molecule has 5 atom stereocenters. The Morgan fingerprint density at radius 1 is 0.929 bits per heavy atom. The Balaban J connectivity index is 2.06. The highest BCUT2D eigenvalue weighted by Gasteiger charge is 2.46. The molecular weight excluding hydrogens is 534 g/mol. The lowest BCUT2D eigenvalue weighted by atomic mass is 9.82. The lowest BCUT2D eigenvalue weighted by Gasteiger charge is -2.44. The van der Waals surface area contributed by atoms with Crippen molar-refractivity contribution in [3.05, 3.63) is 0 Å². The van der Waals surface area contributed by atoms with Crippen molar-refractivity contribution in [3.63, 3.8) is 0 Å². The molecule has 1 heterocycles. The molecule has 0 aromatic heterocycles. The number of hydrogen-bond donors (Lipinski definition) is 4. The average Bonchev–Trinajstić information content (AvgIpc) is 3.13. The maximum atomic E-state index is 13.3. The molecular formula is C33H61N3O6. The Bertz CT molecular complexity index is 846. The molecule has 2 rings (SSSR count). The fourth-order valence-corrected chi connectivity index (χ4v) is 6.31. The highest BCUT2D eigenvalue weighted by molar-refractivity contribution is 5.82. The second-order valence-electron chi connectivity index (χ2n) is 14.3. The van der Waals surface area contributed by atoms with Gasteiger partial charge >= 0.3 is 12.0 Å². The van der Waals surface area contributed by atoms with Crippen molar-refractivity contribution in [2.45, 2.75) is 156 Å². The second kappa shape index (κ2) is 17.4. The maximum Gasteiger partial charge on any atom is 0.315 e. The zero-order valence-corrected chi connectivity index (χ0v) is 27.6. The highest BCUT2D eigenvalue weighted by Crippen LogP contribution is 2.35. The Kier molecular flexibility index (Phi) is 15.1. The summed E-state index contributed by atoms with van der Waals surface area (Å²) in [5.41, 5.74) is -0.550. The molecule has 0 radical (unpaired) electrons. The molecule has 5 unspecified atom stereocenters. The zero-order valence-electron chi connectivity index (χ0n) is 27.6. The third kappa shape index (κ3) is 12.4. The van der Waals surface area contributed by atoms with E-state index in [-0.39, 0.29) is 36.5 Å². The van der Waals surface area contributed by atoms with Crippen LogP contribution >= 0.6 is 0 Å². The summed E-state index contributed by atoms with van der Waals surface area (Å²) < 4.78 is 11.7. The van der Waals surface area contributed by atoms with Crippen molar-refractivity contribution < 1.29 is 29.0 Å². The fourth-order valence-electron chi connectivity index (χ4n) is 6.31. The standard InChI is InChI=1S/C33H61N3O6/c1-8-9-11-17-24(18-15-14-16-23(2)3)35-31(40)36-27-20-13-10-12-19-25(27)26(30(38)39)21-34-29(37)28-32(4,5)22-41-33(6,7)42-28/h23-28H,8-22H2,1-7H3,(H,34,37)(H,38,39)(H2,35,36,40). The van der Waals surface area contributed by atoms with Crippen LogP contribution in [-0.2, 0) is 19.1 Å². The number of nitrogens with one attached hydrogen (secondary N) is 3. The van der Waals surface area contributed by atoms with Gasteiger partial charge in [-0.2, -0.15) is 0 Å². The number of urea groups is 1. The van der Waals surface area contributed by atoms with Crippen LogP contribution in [-0.4, -0.2) is 60.1 Å². The number of rotatable bonds is 16. The minimum absolute atomic E-state index is 0.00858. The zero-order chi connectivity index (χ0) is 31.3. The summed E-state index contributed by atoms with van der Waals surface area (Å²) >= 11 is 0. The van der Waals surface area contributed by atoms with Gasteiger partial charge < -0.3 is 30.5 Å². The number of carbonyl (C=O) groups excluding carboxylic acids is 2. The van der Waals surface area contributed by atoms with Crippen LogP contribution < -0.4 is 16.0 Å². The molecule has 42 heavy (non-hydrogen) atoms. The summed E-state index contributed by atoms with van der Waals surface area (Å²) in [6.07, 6.45) is 12.3. The van der Waals surface area contributed by atoms with Gasteiger partial charge in [0, 0.05) is 24.0 Å². The summed E-state index contributed by atoms with van der Waals surface area (Å²) in [6.45, 7) is 14.4. The topological polar surface area (TPSA) is 126 Å². The lowest BCUT2D eigenvalue weighted by Crippen LogP contribution is -2.57. The van der Waals surface area contributed by atoms with Gasteiger partial charge in [0.05, 0.1) is 12.5 Å². The van der Waals surface area contributed by atoms with Crippen molar-refractivity contribution in [2.75, 3.05) is 13.2 Å². The van der Waals surface area contributed by atoms with Crippen molar-refractivity contribution in [1.29, 1.82) is 0 Å². The number of carboxylic acids is 1. The van der Waals surface area contributed by atoms with E-state index >= 15 is 0 Å². The van der Waals surface area contributed by atoms with Gasteiger partial charge in [0.1, 0.15) is 6.10 Å². The van der Waals surface area contributed by atoms with Crippen LogP contribution in [0.15, 0.2) is 0 Å². The minimum atomic E-state index is -0.954. The summed E-state index contributed by atoms with van der Waals surface area (Å²) in [4.78, 5) is 39.1. The first-order chi connectivity index (χ1) is 19.8. The van der Waals surface area contributed by atoms with E-state index in [9.17, 15) is 19.5 Å². The van der Waals surface area contributed by atoms with Crippen molar-refractivity contribution in [1.82, 2.24) is 16.0 Å². The molecule has 2 fully saturated rings. The molecule has 4 N–H and O–H groups in total. The second-order valence-corrected chi connectivity index (χ2v) is 14.3. The summed E-state index contributed by atoms with van der Waals surface area (Å²) in [7, 11) is 0. The van der Waals surface area contributed by atoms with Crippen LogP contribution in [0.25, 0.3) is 0 Å². The third-order valence-corrected chi connectivity index (χ3v) is 8.93. The van der Waals surface area contributed by atoms with E-state index in [4.69, 9.17) is 9.47 Å². The summed E-state index contributed by atoms with van der Waals surface area (Å²) in [5.74, 6) is -2.59. The van der Waals surface area contributed by atoms with Gasteiger partial charge in [0.2, 0.25) is 5.91 Å². The largest absolute Gasteiger partial charge is 0.481 e. The van der Waals surface area contributed by atoms with Crippen LogP contribution in [0, 0.1) is 23.2 Å². The normalized spacial score (nSPS) is 25.2. The van der Waals surface area contributed by atoms with E-state index < -0.39 is 29.2 Å². The minimum Gasteiger partial charge on any atom is -0.481 e. The van der Waals surface area contributed by atoms with Gasteiger partial charge in [0.25, 0.3) is 0 Å². The maximum absolute atomic E-state index is 13.3. The van der Waals surface area contributed by atoms with E-state index in [1.54, 1.807) is 13.8 Å². The summed E-state index contributed by atoms with van der Waals surface area (Å²) in [6, 6.07) is -0.350. The molecule has 0 bridgehead atoms. The monoisotopic (exact) mass is 595 g/mol. The van der Waals surface area contributed by atoms with Crippen molar-refractivity contribution in [2.24, 2.45) is 23.2 Å². The molecule has 1 saturated carbocycles. The number of carbonyl (C=O) groups is 3. The van der Waals surface area contributed by atoms with Gasteiger partial charge in [0.15, 0.2) is 5.79 Å². The van der Waals surface area contributed by atoms with E-state index in [0.29, 0.717) is 18.9 Å². The van der Waals surface area contributed by atoms with E-state index in [0.717, 1.165) is 70.6 Å². The molecule has 0 aromatic rings. The first-order valence-corrected chi connectivity index (χ1v) is 16.6. The highest BCUT2D eigenvalue weighted by atomic mass is 16.7. The Morgan fingerprint density at radius 3 is 2.21 bits per heavy atom. The van der Waals surface area contributed by atoms with Gasteiger partial charge in [-0.05, 0) is 51.4 Å². The number of ether oxygens (including phenoxy) is 2. The number of amides is 3. The molecule has 9 heteroatoms. The Labute approximate surface area is 255 Å². The predicted molar refractivity (Wildman–Crippen MR) is 166 cm³/mol. The van der Waals surface area contributed by atoms with Gasteiger partial charge in [-0.15, -0.1) is 0 Å². The molecule has 1 saturated heterocycles. The number of unbranched alkanes of at least 4 members (excludes halogenated alkanes) is 3. The first kappa shape index (κ1) is 36.3. The molecule has 0 aromatic carbocycles.